The van der Waals surface area contributed by atoms with E-state index in [4.69, 9.17) is 16.3 Å². The van der Waals surface area contributed by atoms with Gasteiger partial charge in [0.1, 0.15) is 5.75 Å². The number of nitro groups is 1. The Hall–Kier alpha value is -3.91. The number of hydrogen-bond acceptors (Lipinski definition) is 5. The van der Waals surface area contributed by atoms with E-state index in [2.05, 4.69) is 5.32 Å². The molecule has 156 valence electrons. The van der Waals surface area contributed by atoms with Crippen LogP contribution in [-0.2, 0) is 11.3 Å². The topological polar surface area (TPSA) is 102 Å². The molecule has 4 rings (SSSR count). The minimum absolute atomic E-state index is 0.0203. The van der Waals surface area contributed by atoms with Crippen LogP contribution in [0.4, 0.5) is 17.1 Å². The number of rotatable bonds is 5. The molecule has 0 aromatic heterocycles. The third-order valence-electron chi connectivity index (χ3n) is 4.78. The second-order valence-electron chi connectivity index (χ2n) is 6.81. The molecule has 0 spiro atoms. The van der Waals surface area contributed by atoms with E-state index >= 15 is 0 Å². The maximum Gasteiger partial charge on any atom is 0.271 e. The normalized spacial score (nSPS) is 12.7. The van der Waals surface area contributed by atoms with Crippen molar-refractivity contribution in [2.75, 3.05) is 16.8 Å². The third kappa shape index (κ3) is 4.34. The molecule has 31 heavy (non-hydrogen) atoms. The number of halogens is 1. The molecule has 0 saturated heterocycles. The van der Waals surface area contributed by atoms with E-state index in [0.717, 1.165) is 5.56 Å². The van der Waals surface area contributed by atoms with Gasteiger partial charge in [0.2, 0.25) is 0 Å². The Morgan fingerprint density at radius 3 is 2.58 bits per heavy atom. The average molecular weight is 438 g/mol. The van der Waals surface area contributed by atoms with Gasteiger partial charge in [-0.3, -0.25) is 19.7 Å². The third-order valence-corrected chi connectivity index (χ3v) is 5.09. The molecule has 3 aromatic rings. The Balaban J connectivity index is 1.47. The standard InChI is InChI=1S/C22H16ClN3O5/c23-17-11-16(26(29)30)9-10-18(17)24-22(28)15-7-5-14(6-8-15)12-25-19-3-1-2-4-20(19)31-13-21(25)27/h1-11H,12-13H2,(H,24,28). The monoisotopic (exact) mass is 437 g/mol. The van der Waals surface area contributed by atoms with Crippen molar-refractivity contribution in [2.24, 2.45) is 0 Å². The number of ether oxygens (including phenoxy) is 1. The van der Waals surface area contributed by atoms with Gasteiger partial charge in [-0.25, -0.2) is 0 Å². The Morgan fingerprint density at radius 2 is 1.87 bits per heavy atom. The van der Waals surface area contributed by atoms with Crippen LogP contribution in [0.15, 0.2) is 66.7 Å². The molecule has 8 nitrogen and oxygen atoms in total. The maximum atomic E-state index is 12.5. The molecule has 3 aromatic carbocycles. The van der Waals surface area contributed by atoms with Crippen LogP contribution in [0, 0.1) is 10.1 Å². The second-order valence-corrected chi connectivity index (χ2v) is 7.22. The van der Waals surface area contributed by atoms with Crippen LogP contribution < -0.4 is 15.0 Å². The highest BCUT2D eigenvalue weighted by molar-refractivity contribution is 6.34. The van der Waals surface area contributed by atoms with Gasteiger partial charge in [-0.05, 0) is 35.9 Å². The number of anilines is 2. The number of para-hydroxylation sites is 2. The summed E-state index contributed by atoms with van der Waals surface area (Å²) in [6, 6.07) is 17.9. The summed E-state index contributed by atoms with van der Waals surface area (Å²) < 4.78 is 5.45. The number of benzene rings is 3. The molecule has 9 heteroatoms. The predicted octanol–water partition coefficient (Wildman–Crippen LogP) is 4.43. The smallest absolute Gasteiger partial charge is 0.271 e. The Morgan fingerprint density at radius 1 is 1.13 bits per heavy atom. The molecule has 0 saturated carbocycles. The van der Waals surface area contributed by atoms with Crippen LogP contribution >= 0.6 is 11.6 Å². The van der Waals surface area contributed by atoms with Gasteiger partial charge in [0.05, 0.1) is 27.9 Å². The number of amides is 2. The number of hydrogen-bond donors (Lipinski definition) is 1. The van der Waals surface area contributed by atoms with Crippen molar-refractivity contribution in [3.8, 4) is 5.75 Å². The van der Waals surface area contributed by atoms with Gasteiger partial charge in [0, 0.05) is 17.7 Å². The number of non-ortho nitro benzene ring substituents is 1. The van der Waals surface area contributed by atoms with E-state index in [-0.39, 0.29) is 28.9 Å². The molecule has 0 atom stereocenters. The summed E-state index contributed by atoms with van der Waals surface area (Å²) in [4.78, 5) is 36.7. The van der Waals surface area contributed by atoms with E-state index in [0.29, 0.717) is 23.5 Å². The van der Waals surface area contributed by atoms with Crippen molar-refractivity contribution in [2.45, 2.75) is 6.54 Å². The van der Waals surface area contributed by atoms with Crippen LogP contribution in [0.1, 0.15) is 15.9 Å². The van der Waals surface area contributed by atoms with Gasteiger partial charge in [-0.1, -0.05) is 35.9 Å². The fourth-order valence-electron chi connectivity index (χ4n) is 3.18. The van der Waals surface area contributed by atoms with Crippen molar-refractivity contribution in [3.05, 3.63) is 93.0 Å². The number of nitrogens with zero attached hydrogens (tertiary/aromatic N) is 2. The van der Waals surface area contributed by atoms with E-state index in [1.54, 1.807) is 29.2 Å². The molecule has 1 aliphatic heterocycles. The van der Waals surface area contributed by atoms with Crippen LogP contribution in [0.25, 0.3) is 0 Å². The quantitative estimate of drug-likeness (QED) is 0.470. The number of nitrogens with one attached hydrogen (secondary N) is 1. The maximum absolute atomic E-state index is 12.5. The Bertz CT molecular complexity index is 1180. The first-order valence-corrected chi connectivity index (χ1v) is 9.66. The first kappa shape index (κ1) is 20.4. The number of carbonyl (C=O) groups excluding carboxylic acids is 2. The van der Waals surface area contributed by atoms with Gasteiger partial charge < -0.3 is 15.0 Å². The van der Waals surface area contributed by atoms with Crippen LogP contribution in [0.5, 0.6) is 5.75 Å². The van der Waals surface area contributed by atoms with Crippen molar-refractivity contribution >= 4 is 40.5 Å². The highest BCUT2D eigenvalue weighted by Gasteiger charge is 2.25. The zero-order chi connectivity index (χ0) is 22.0. The van der Waals surface area contributed by atoms with Gasteiger partial charge in [0.25, 0.3) is 17.5 Å². The number of carbonyl (C=O) groups is 2. The lowest BCUT2D eigenvalue weighted by Crippen LogP contribution is -2.38. The molecule has 1 aliphatic rings. The first-order chi connectivity index (χ1) is 14.9. The van der Waals surface area contributed by atoms with Crippen molar-refractivity contribution in [3.63, 3.8) is 0 Å². The lowest BCUT2D eigenvalue weighted by Gasteiger charge is -2.29. The zero-order valence-corrected chi connectivity index (χ0v) is 16.8. The number of fused-ring (bicyclic) bond motifs is 1. The molecule has 0 fully saturated rings. The molecular formula is C22H16ClN3O5. The van der Waals surface area contributed by atoms with E-state index < -0.39 is 10.8 Å². The summed E-state index contributed by atoms with van der Waals surface area (Å²) in [5.41, 5.74) is 2.04. The van der Waals surface area contributed by atoms with Gasteiger partial charge in [-0.2, -0.15) is 0 Å². The van der Waals surface area contributed by atoms with E-state index in [9.17, 15) is 19.7 Å². The summed E-state index contributed by atoms with van der Waals surface area (Å²) in [7, 11) is 0. The average Bonchev–Trinajstić information content (AvgIpc) is 2.77. The van der Waals surface area contributed by atoms with Crippen LogP contribution in [0.2, 0.25) is 5.02 Å². The fraction of sp³-hybridized carbons (Fsp3) is 0.0909. The molecule has 0 radical (unpaired) electrons. The molecule has 1 N–H and O–H groups in total. The SMILES string of the molecule is O=C(Nc1ccc([N+](=O)[O-])cc1Cl)c1ccc(CN2C(=O)COc3ccccc32)cc1. The van der Waals surface area contributed by atoms with Crippen molar-refractivity contribution < 1.29 is 19.2 Å². The minimum atomic E-state index is -0.562. The van der Waals surface area contributed by atoms with Crippen molar-refractivity contribution in [1.29, 1.82) is 0 Å². The molecule has 1 heterocycles. The Labute approximate surface area is 182 Å². The molecule has 0 unspecified atom stereocenters. The zero-order valence-electron chi connectivity index (χ0n) is 16.1. The van der Waals surface area contributed by atoms with Crippen molar-refractivity contribution in [1.82, 2.24) is 0 Å². The lowest BCUT2D eigenvalue weighted by molar-refractivity contribution is -0.384. The summed E-state index contributed by atoms with van der Waals surface area (Å²) >= 11 is 6.03. The fourth-order valence-corrected chi connectivity index (χ4v) is 3.41. The molecule has 0 aliphatic carbocycles. The molecule has 0 bridgehead atoms. The largest absolute Gasteiger partial charge is 0.482 e. The molecule has 2 amide bonds. The van der Waals surface area contributed by atoms with Crippen LogP contribution in [-0.4, -0.2) is 23.3 Å². The number of nitro benzene ring substituents is 1. The van der Waals surface area contributed by atoms with E-state index in [1.165, 1.54) is 18.2 Å². The summed E-state index contributed by atoms with van der Waals surface area (Å²) in [5, 5.41) is 13.5. The Kier molecular flexibility index (Phi) is 5.55. The first-order valence-electron chi connectivity index (χ1n) is 9.29. The summed E-state index contributed by atoms with van der Waals surface area (Å²) in [6.45, 7) is 0.322. The highest BCUT2D eigenvalue weighted by atomic mass is 35.5. The highest BCUT2D eigenvalue weighted by Crippen LogP contribution is 2.32. The predicted molar refractivity (Wildman–Crippen MR) is 116 cm³/mol. The minimum Gasteiger partial charge on any atom is -0.482 e. The van der Waals surface area contributed by atoms with Gasteiger partial charge in [0.15, 0.2) is 6.61 Å². The van der Waals surface area contributed by atoms with E-state index in [1.807, 2.05) is 24.3 Å². The summed E-state index contributed by atoms with van der Waals surface area (Å²) in [5.74, 6) is 0.0986. The lowest BCUT2D eigenvalue weighted by atomic mass is 10.1. The second kappa shape index (κ2) is 8.45. The summed E-state index contributed by atoms with van der Waals surface area (Å²) in [6.07, 6.45) is 0. The van der Waals surface area contributed by atoms with Gasteiger partial charge >= 0.3 is 0 Å². The van der Waals surface area contributed by atoms with Gasteiger partial charge in [-0.15, -0.1) is 0 Å². The molecular weight excluding hydrogens is 422 g/mol. The van der Waals surface area contributed by atoms with Crippen LogP contribution in [0.3, 0.4) is 0 Å².